The van der Waals surface area contributed by atoms with E-state index in [0.717, 1.165) is 0 Å². The molecule has 0 aliphatic heterocycles. The van der Waals surface area contributed by atoms with Gasteiger partial charge in [0.15, 0.2) is 0 Å². The van der Waals surface area contributed by atoms with Crippen LogP contribution in [-0.4, -0.2) is 55.0 Å². The highest BCUT2D eigenvalue weighted by molar-refractivity contribution is 5.88. The van der Waals surface area contributed by atoms with Crippen LogP contribution in [0.3, 0.4) is 0 Å². The average Bonchev–Trinajstić information content (AvgIpc) is 2.30. The number of amides is 2. The van der Waals surface area contributed by atoms with Gasteiger partial charge in [0, 0.05) is 0 Å². The van der Waals surface area contributed by atoms with Gasteiger partial charge >= 0.3 is 12.1 Å². The van der Waals surface area contributed by atoms with E-state index in [4.69, 9.17) is 9.84 Å². The van der Waals surface area contributed by atoms with Gasteiger partial charge in [-0.3, -0.25) is 9.59 Å². The largest absolute Gasteiger partial charge is 0.468 e. The van der Waals surface area contributed by atoms with Crippen molar-refractivity contribution >= 4 is 18.0 Å². The third kappa shape index (κ3) is 7.98. The Kier molecular flexibility index (Phi) is 6.84. The van der Waals surface area contributed by atoms with E-state index in [1.807, 2.05) is 0 Å². The minimum absolute atomic E-state index is 0.345. The summed E-state index contributed by atoms with van der Waals surface area (Å²) in [6.07, 6.45) is -0.834. The van der Waals surface area contributed by atoms with Crippen molar-refractivity contribution in [1.82, 2.24) is 10.6 Å². The molecular formula is C11H20N2O6. The van der Waals surface area contributed by atoms with Crippen molar-refractivity contribution in [2.45, 2.75) is 32.4 Å². The lowest BCUT2D eigenvalue weighted by Gasteiger charge is -2.22. The van der Waals surface area contributed by atoms with E-state index in [9.17, 15) is 14.4 Å². The van der Waals surface area contributed by atoms with Crippen molar-refractivity contribution in [3.05, 3.63) is 0 Å². The number of carbonyl (C=O) groups excluding carboxylic acids is 3. The van der Waals surface area contributed by atoms with Crippen LogP contribution < -0.4 is 10.6 Å². The molecule has 8 heteroatoms. The van der Waals surface area contributed by atoms with Crippen LogP contribution in [-0.2, 0) is 19.1 Å². The molecule has 0 aromatic rings. The normalized spacial score (nSPS) is 12.3. The van der Waals surface area contributed by atoms with Crippen LogP contribution >= 0.6 is 0 Å². The zero-order valence-corrected chi connectivity index (χ0v) is 11.5. The molecule has 0 aromatic carbocycles. The molecule has 0 bridgehead atoms. The Morgan fingerprint density at radius 1 is 1.26 bits per heavy atom. The Labute approximate surface area is 111 Å². The second-order valence-corrected chi connectivity index (χ2v) is 4.68. The molecule has 110 valence electrons. The van der Waals surface area contributed by atoms with Gasteiger partial charge in [0.1, 0.15) is 18.2 Å². The highest BCUT2D eigenvalue weighted by Gasteiger charge is 2.23. The number of hydrogen-bond donors (Lipinski definition) is 3. The van der Waals surface area contributed by atoms with Crippen molar-refractivity contribution in [2.24, 2.45) is 0 Å². The molecule has 1 unspecified atom stereocenters. The second-order valence-electron chi connectivity index (χ2n) is 4.68. The molecule has 0 fully saturated rings. The summed E-state index contributed by atoms with van der Waals surface area (Å²) in [6, 6.07) is -1.19. The molecular weight excluding hydrogens is 256 g/mol. The van der Waals surface area contributed by atoms with Crippen LogP contribution in [0.5, 0.6) is 0 Å². The molecule has 0 aliphatic carbocycles. The van der Waals surface area contributed by atoms with Crippen LogP contribution in [0.2, 0.25) is 0 Å². The smallest absolute Gasteiger partial charge is 0.408 e. The fourth-order valence-electron chi connectivity index (χ4n) is 0.999. The second kappa shape index (κ2) is 7.57. The number of nitrogens with one attached hydrogen (secondary N) is 2. The van der Waals surface area contributed by atoms with Crippen LogP contribution in [0.1, 0.15) is 20.8 Å². The summed E-state index contributed by atoms with van der Waals surface area (Å²) in [6.45, 7) is 4.03. The molecule has 0 aliphatic rings. The van der Waals surface area contributed by atoms with Crippen LogP contribution in [0, 0.1) is 0 Å². The average molecular weight is 276 g/mol. The summed E-state index contributed by atoms with van der Waals surface area (Å²) < 4.78 is 9.27. The summed E-state index contributed by atoms with van der Waals surface area (Å²) in [5.74, 6) is -1.35. The van der Waals surface area contributed by atoms with Gasteiger partial charge in [-0.2, -0.15) is 0 Å². The summed E-state index contributed by atoms with van der Waals surface area (Å²) in [4.78, 5) is 33.8. The third-order valence-corrected chi connectivity index (χ3v) is 1.82. The number of aliphatic hydroxyl groups excluding tert-OH is 1. The quantitative estimate of drug-likeness (QED) is 0.564. The van der Waals surface area contributed by atoms with Crippen LogP contribution in [0.15, 0.2) is 0 Å². The molecule has 0 rings (SSSR count). The lowest BCUT2D eigenvalue weighted by molar-refractivity contribution is -0.141. The Hall–Kier alpha value is -1.83. The van der Waals surface area contributed by atoms with E-state index < -0.39 is 36.2 Å². The van der Waals surface area contributed by atoms with Gasteiger partial charge in [-0.25, -0.2) is 4.79 Å². The highest BCUT2D eigenvalue weighted by Crippen LogP contribution is 2.06. The molecule has 0 radical (unpaired) electrons. The lowest BCUT2D eigenvalue weighted by Crippen LogP contribution is -2.51. The summed E-state index contributed by atoms with van der Waals surface area (Å²) in [5, 5.41) is 13.4. The summed E-state index contributed by atoms with van der Waals surface area (Å²) >= 11 is 0. The van der Waals surface area contributed by atoms with Gasteiger partial charge in [-0.1, -0.05) is 0 Å². The maximum Gasteiger partial charge on any atom is 0.408 e. The van der Waals surface area contributed by atoms with Crippen molar-refractivity contribution in [3.63, 3.8) is 0 Å². The molecule has 0 aromatic heterocycles. The predicted octanol–water partition coefficient (Wildman–Crippen LogP) is -0.839. The van der Waals surface area contributed by atoms with E-state index in [-0.39, 0.29) is 6.54 Å². The molecule has 3 N–H and O–H groups in total. The number of aliphatic hydroxyl groups is 1. The number of alkyl carbamates (subject to hydrolysis) is 1. The van der Waals surface area contributed by atoms with Gasteiger partial charge < -0.3 is 25.2 Å². The first-order chi connectivity index (χ1) is 8.69. The van der Waals surface area contributed by atoms with E-state index in [1.54, 1.807) is 20.8 Å². The molecule has 1 atom stereocenters. The number of esters is 1. The van der Waals surface area contributed by atoms with Crippen LogP contribution in [0.25, 0.3) is 0 Å². The number of carbonyl (C=O) groups is 3. The molecule has 0 spiro atoms. The van der Waals surface area contributed by atoms with Crippen molar-refractivity contribution in [1.29, 1.82) is 0 Å². The topological polar surface area (TPSA) is 114 Å². The van der Waals surface area contributed by atoms with Gasteiger partial charge in [0.25, 0.3) is 0 Å². The predicted molar refractivity (Wildman–Crippen MR) is 65.3 cm³/mol. The monoisotopic (exact) mass is 276 g/mol. The fourth-order valence-corrected chi connectivity index (χ4v) is 0.999. The molecule has 19 heavy (non-hydrogen) atoms. The number of hydrogen-bond acceptors (Lipinski definition) is 6. The molecule has 8 nitrogen and oxygen atoms in total. The minimum atomic E-state index is -1.19. The first kappa shape index (κ1) is 17.2. The molecule has 2 amide bonds. The first-order valence-corrected chi connectivity index (χ1v) is 5.64. The van der Waals surface area contributed by atoms with E-state index in [2.05, 4.69) is 15.4 Å². The van der Waals surface area contributed by atoms with Crippen LogP contribution in [0.4, 0.5) is 4.79 Å². The Morgan fingerprint density at radius 3 is 2.26 bits per heavy atom. The highest BCUT2D eigenvalue weighted by atomic mass is 16.6. The van der Waals surface area contributed by atoms with Gasteiger partial charge in [-0.05, 0) is 20.8 Å². The fraction of sp³-hybridized carbons (Fsp3) is 0.727. The Bertz CT molecular complexity index is 337. The first-order valence-electron chi connectivity index (χ1n) is 5.64. The zero-order valence-electron chi connectivity index (χ0n) is 11.5. The van der Waals surface area contributed by atoms with Gasteiger partial charge in [0.2, 0.25) is 5.91 Å². The van der Waals surface area contributed by atoms with E-state index in [0.29, 0.717) is 0 Å². The van der Waals surface area contributed by atoms with Crippen molar-refractivity contribution < 1.29 is 29.0 Å². The Morgan fingerprint density at radius 2 is 1.84 bits per heavy atom. The molecule has 0 saturated carbocycles. The maximum atomic E-state index is 11.5. The standard InChI is InChI=1S/C11H20N2O6/c1-11(2,3)19-10(17)13-7(6-14)9(16)12-5-8(15)18-4/h7,14H,5-6H2,1-4H3,(H,12,16)(H,13,17). The zero-order chi connectivity index (χ0) is 15.1. The van der Waals surface area contributed by atoms with Crippen molar-refractivity contribution in [3.8, 4) is 0 Å². The maximum absolute atomic E-state index is 11.5. The van der Waals surface area contributed by atoms with Gasteiger partial charge in [0.05, 0.1) is 13.7 Å². The Balaban J connectivity index is 4.30. The third-order valence-electron chi connectivity index (χ3n) is 1.82. The summed E-state index contributed by atoms with van der Waals surface area (Å²) in [5.41, 5.74) is -0.716. The van der Waals surface area contributed by atoms with Crippen molar-refractivity contribution in [2.75, 3.05) is 20.3 Å². The number of rotatable bonds is 5. The minimum Gasteiger partial charge on any atom is -0.468 e. The van der Waals surface area contributed by atoms with Gasteiger partial charge in [-0.15, -0.1) is 0 Å². The van der Waals surface area contributed by atoms with E-state index in [1.165, 1.54) is 7.11 Å². The molecule has 0 saturated heterocycles. The molecule has 0 heterocycles. The number of methoxy groups -OCH3 is 1. The lowest BCUT2D eigenvalue weighted by atomic mass is 10.2. The summed E-state index contributed by atoms with van der Waals surface area (Å²) in [7, 11) is 1.18. The van der Waals surface area contributed by atoms with E-state index >= 15 is 0 Å². The number of ether oxygens (including phenoxy) is 2. The SMILES string of the molecule is COC(=O)CNC(=O)C(CO)NC(=O)OC(C)(C)C.